The van der Waals surface area contributed by atoms with E-state index in [4.69, 9.17) is 11.6 Å². The van der Waals surface area contributed by atoms with Crippen LogP contribution in [0, 0.1) is 5.41 Å². The molecule has 0 saturated carbocycles. The Labute approximate surface area is 188 Å². The van der Waals surface area contributed by atoms with Gasteiger partial charge in [-0.15, -0.1) is 0 Å². The Bertz CT molecular complexity index is 944. The van der Waals surface area contributed by atoms with E-state index in [2.05, 4.69) is 10.3 Å². The van der Waals surface area contributed by atoms with E-state index in [1.54, 1.807) is 35.4 Å². The first-order valence-corrected chi connectivity index (χ1v) is 10.8. The van der Waals surface area contributed by atoms with Gasteiger partial charge in [0.1, 0.15) is 0 Å². The van der Waals surface area contributed by atoms with Crippen molar-refractivity contribution >= 4 is 23.4 Å². The smallest absolute Gasteiger partial charge is 0.253 e. The zero-order chi connectivity index (χ0) is 22.9. The number of rotatable bonds is 5. The predicted molar refractivity (Wildman–Crippen MR) is 121 cm³/mol. The van der Waals surface area contributed by atoms with Crippen molar-refractivity contribution in [3.05, 3.63) is 64.9 Å². The van der Waals surface area contributed by atoms with Crippen LogP contribution in [0.3, 0.4) is 0 Å². The highest BCUT2D eigenvalue weighted by Crippen LogP contribution is 2.46. The Morgan fingerprint density at radius 3 is 2.48 bits per heavy atom. The topological polar surface area (TPSA) is 82.5 Å². The van der Waals surface area contributed by atoms with Crippen LogP contribution in [0.4, 0.5) is 0 Å². The average molecular weight is 444 g/mol. The molecule has 3 rings (SSSR count). The van der Waals surface area contributed by atoms with Crippen LogP contribution >= 0.6 is 11.6 Å². The van der Waals surface area contributed by atoms with Gasteiger partial charge in [0.25, 0.3) is 5.91 Å². The van der Waals surface area contributed by atoms with Gasteiger partial charge in [0.15, 0.2) is 0 Å². The monoisotopic (exact) mass is 443 g/mol. The maximum absolute atomic E-state index is 13.1. The van der Waals surface area contributed by atoms with Gasteiger partial charge in [-0.3, -0.25) is 14.6 Å². The van der Waals surface area contributed by atoms with Gasteiger partial charge in [-0.25, -0.2) is 0 Å². The Morgan fingerprint density at radius 1 is 1.23 bits per heavy atom. The summed E-state index contributed by atoms with van der Waals surface area (Å²) in [6.07, 6.45) is 3.69. The highest BCUT2D eigenvalue weighted by atomic mass is 35.5. The minimum absolute atomic E-state index is 0.0530. The Morgan fingerprint density at radius 2 is 1.90 bits per heavy atom. The molecule has 2 amide bonds. The van der Waals surface area contributed by atoms with Crippen molar-refractivity contribution in [2.45, 2.75) is 51.7 Å². The fourth-order valence-corrected chi connectivity index (χ4v) is 4.33. The molecule has 1 saturated heterocycles. The number of carbonyl (C=O) groups is 2. The van der Waals surface area contributed by atoms with Crippen molar-refractivity contribution < 1.29 is 14.7 Å². The minimum Gasteiger partial charge on any atom is -0.384 e. The fraction of sp³-hybridized carbons (Fsp3) is 0.458. The van der Waals surface area contributed by atoms with Crippen molar-refractivity contribution in [3.63, 3.8) is 0 Å². The van der Waals surface area contributed by atoms with Crippen molar-refractivity contribution in [1.29, 1.82) is 0 Å². The lowest BCUT2D eigenvalue weighted by Gasteiger charge is -2.51. The molecular formula is C24H30ClN3O3. The van der Waals surface area contributed by atoms with Crippen LogP contribution in [0.1, 0.15) is 56.5 Å². The van der Waals surface area contributed by atoms with Crippen molar-refractivity contribution in [1.82, 2.24) is 15.2 Å². The summed E-state index contributed by atoms with van der Waals surface area (Å²) in [6.45, 7) is 8.45. The van der Waals surface area contributed by atoms with E-state index in [0.717, 1.165) is 5.56 Å². The lowest BCUT2D eigenvalue weighted by atomic mass is 9.66. The van der Waals surface area contributed by atoms with Crippen molar-refractivity contribution in [2.75, 3.05) is 13.1 Å². The van der Waals surface area contributed by atoms with E-state index >= 15 is 0 Å². The summed E-state index contributed by atoms with van der Waals surface area (Å²) in [4.78, 5) is 31.3. The SMILES string of the molecule is CC(C)(CC(=O)N1CC[C@](O)(c2ccc(Cl)cc2)C(C)(C)C1)NC(=O)c1cccnc1. The second-order valence-corrected chi connectivity index (χ2v) is 10.0. The second-order valence-electron chi connectivity index (χ2n) is 9.57. The zero-order valence-electron chi connectivity index (χ0n) is 18.5. The van der Waals surface area contributed by atoms with Crippen molar-refractivity contribution in [2.24, 2.45) is 5.41 Å². The van der Waals surface area contributed by atoms with E-state index in [0.29, 0.717) is 30.1 Å². The Hall–Kier alpha value is -2.44. The molecule has 0 spiro atoms. The summed E-state index contributed by atoms with van der Waals surface area (Å²) in [5, 5.41) is 15.0. The Kier molecular flexibility index (Phi) is 6.44. The number of nitrogens with one attached hydrogen (secondary N) is 1. The second kappa shape index (κ2) is 8.60. The van der Waals surface area contributed by atoms with Gasteiger partial charge in [-0.05, 0) is 50.1 Å². The van der Waals surface area contributed by atoms with Crippen LogP contribution in [-0.4, -0.2) is 45.4 Å². The van der Waals surface area contributed by atoms with Gasteiger partial charge in [-0.1, -0.05) is 37.6 Å². The maximum Gasteiger partial charge on any atom is 0.253 e. The molecule has 0 bridgehead atoms. The molecule has 2 N–H and O–H groups in total. The first-order chi connectivity index (χ1) is 14.4. The zero-order valence-corrected chi connectivity index (χ0v) is 19.2. The number of carbonyl (C=O) groups excluding carboxylic acids is 2. The van der Waals surface area contributed by atoms with Crippen LogP contribution < -0.4 is 5.32 Å². The molecule has 6 nitrogen and oxygen atoms in total. The van der Waals surface area contributed by atoms with Gasteiger partial charge >= 0.3 is 0 Å². The third kappa shape index (κ3) is 5.08. The summed E-state index contributed by atoms with van der Waals surface area (Å²) < 4.78 is 0. The molecule has 1 fully saturated rings. The number of pyridine rings is 1. The molecular weight excluding hydrogens is 414 g/mol. The van der Waals surface area contributed by atoms with E-state index in [9.17, 15) is 14.7 Å². The van der Waals surface area contributed by atoms with Gasteiger partial charge < -0.3 is 15.3 Å². The van der Waals surface area contributed by atoms with E-state index in [-0.39, 0.29) is 18.2 Å². The summed E-state index contributed by atoms with van der Waals surface area (Å²) in [6, 6.07) is 10.6. The van der Waals surface area contributed by atoms with Gasteiger partial charge in [0.2, 0.25) is 5.91 Å². The third-order valence-corrected chi connectivity index (χ3v) is 6.34. The van der Waals surface area contributed by atoms with Crippen LogP contribution in [0.25, 0.3) is 0 Å². The first-order valence-electron chi connectivity index (χ1n) is 10.4. The quantitative estimate of drug-likeness (QED) is 0.736. The number of hydrogen-bond acceptors (Lipinski definition) is 4. The number of amides is 2. The fourth-order valence-electron chi connectivity index (χ4n) is 4.21. The van der Waals surface area contributed by atoms with E-state index < -0.39 is 16.6 Å². The number of piperidine rings is 1. The molecule has 1 aliphatic rings. The standard InChI is InChI=1S/C24H30ClN3O3/c1-22(2)16-28(13-11-24(22,31)18-7-9-19(25)10-8-18)20(29)14-23(3,4)27-21(30)17-6-5-12-26-15-17/h5-10,12,15,31H,11,13-14,16H2,1-4H3,(H,27,30)/t24-/m0/s1. The molecule has 1 atom stereocenters. The maximum atomic E-state index is 13.1. The van der Waals surface area contributed by atoms with Crippen LogP contribution in [0.5, 0.6) is 0 Å². The molecule has 7 heteroatoms. The molecule has 2 heterocycles. The summed E-state index contributed by atoms with van der Waals surface area (Å²) >= 11 is 6.00. The van der Waals surface area contributed by atoms with Crippen LogP contribution in [-0.2, 0) is 10.4 Å². The number of aromatic nitrogens is 1. The summed E-state index contributed by atoms with van der Waals surface area (Å²) in [5.41, 5.74) is -1.08. The molecule has 1 aromatic heterocycles. The molecule has 0 unspecified atom stereocenters. The lowest BCUT2D eigenvalue weighted by Crippen LogP contribution is -2.58. The molecule has 31 heavy (non-hydrogen) atoms. The largest absolute Gasteiger partial charge is 0.384 e. The average Bonchev–Trinajstić information content (AvgIpc) is 2.70. The van der Waals surface area contributed by atoms with Gasteiger partial charge in [0, 0.05) is 47.9 Å². The van der Waals surface area contributed by atoms with Crippen LogP contribution in [0.15, 0.2) is 48.8 Å². The highest BCUT2D eigenvalue weighted by molar-refractivity contribution is 6.30. The molecule has 2 aromatic rings. The molecule has 0 radical (unpaired) electrons. The number of benzene rings is 1. The van der Waals surface area contributed by atoms with E-state index in [1.807, 2.05) is 39.8 Å². The summed E-state index contributed by atoms with van der Waals surface area (Å²) in [7, 11) is 0. The number of aliphatic hydroxyl groups is 1. The molecule has 0 aliphatic carbocycles. The number of likely N-dealkylation sites (tertiary alicyclic amines) is 1. The first kappa shape index (κ1) is 23.2. The third-order valence-electron chi connectivity index (χ3n) is 6.09. The minimum atomic E-state index is -1.06. The molecule has 166 valence electrons. The number of hydrogen-bond donors (Lipinski definition) is 2. The number of halogens is 1. The van der Waals surface area contributed by atoms with Crippen LogP contribution in [0.2, 0.25) is 5.02 Å². The normalized spacial score (nSPS) is 20.9. The summed E-state index contributed by atoms with van der Waals surface area (Å²) in [5.74, 6) is -0.315. The van der Waals surface area contributed by atoms with Gasteiger partial charge in [-0.2, -0.15) is 0 Å². The number of nitrogens with zero attached hydrogens (tertiary/aromatic N) is 2. The highest BCUT2D eigenvalue weighted by Gasteiger charge is 2.49. The van der Waals surface area contributed by atoms with Crippen molar-refractivity contribution in [3.8, 4) is 0 Å². The molecule has 1 aromatic carbocycles. The Balaban J connectivity index is 1.66. The van der Waals surface area contributed by atoms with Gasteiger partial charge in [0.05, 0.1) is 11.2 Å². The molecule has 1 aliphatic heterocycles. The lowest BCUT2D eigenvalue weighted by molar-refractivity contribution is -0.154. The van der Waals surface area contributed by atoms with E-state index in [1.165, 1.54) is 6.20 Å². The predicted octanol–water partition coefficient (Wildman–Crippen LogP) is 3.78.